The van der Waals surface area contributed by atoms with E-state index in [0.717, 1.165) is 11.9 Å². The Morgan fingerprint density at radius 1 is 0.686 bits per heavy atom. The molecule has 27 heteroatoms. The van der Waals surface area contributed by atoms with Gasteiger partial charge in [0.2, 0.25) is 0 Å². The van der Waals surface area contributed by atoms with Gasteiger partial charge in [-0.2, -0.15) is 0 Å². The summed E-state index contributed by atoms with van der Waals surface area (Å²) in [6, 6.07) is 0. The minimum atomic E-state index is -2.28. The quantitative estimate of drug-likeness (QED) is 0.0277. The van der Waals surface area contributed by atoms with Gasteiger partial charge in [0.15, 0.2) is 31.3 Å². The van der Waals surface area contributed by atoms with Gasteiger partial charge in [-0.15, -0.1) is 0 Å². The van der Waals surface area contributed by atoms with Crippen molar-refractivity contribution >= 4 is 24.2 Å². The van der Waals surface area contributed by atoms with Gasteiger partial charge in [0.25, 0.3) is 0 Å². The summed E-state index contributed by atoms with van der Waals surface area (Å²) in [7, 11) is 0. The number of hydrogen-bond donors (Lipinski definition) is 13. The first-order valence-corrected chi connectivity index (χ1v) is 29.8. The summed E-state index contributed by atoms with van der Waals surface area (Å²) >= 11 is 0. The van der Waals surface area contributed by atoms with Crippen molar-refractivity contribution in [3.8, 4) is 0 Å². The smallest absolute Gasteiger partial charge is 0.335 e. The second-order valence-electron chi connectivity index (χ2n) is 27.3. The highest BCUT2D eigenvalue weighted by atomic mass is 16.8. The largest absolute Gasteiger partial charge is 0.479 e. The zero-order chi connectivity index (χ0) is 63.3. The number of ether oxygens (including phenoxy) is 10. The maximum absolute atomic E-state index is 14.2. The third-order valence-electron chi connectivity index (χ3n) is 22.2. The number of allylic oxidation sites excluding steroid dienone is 3. The molecule has 13 N–H and O–H groups in total. The molecule has 8 fully saturated rings. The molecule has 0 radical (unpaired) electrons. The molecule has 9 rings (SSSR count). The van der Waals surface area contributed by atoms with Crippen molar-refractivity contribution < 1.29 is 133 Å². The molecule has 9 aliphatic rings. The van der Waals surface area contributed by atoms with Crippen molar-refractivity contribution in [2.45, 2.75) is 242 Å². The molecule has 0 bridgehead atoms. The van der Waals surface area contributed by atoms with Gasteiger partial charge in [-0.1, -0.05) is 59.3 Å². The first-order chi connectivity index (χ1) is 40.2. The maximum atomic E-state index is 14.2. The molecule has 4 aliphatic heterocycles. The molecule has 0 aromatic rings. The van der Waals surface area contributed by atoms with Crippen LogP contribution in [0.5, 0.6) is 0 Å². The predicted molar refractivity (Wildman–Crippen MR) is 289 cm³/mol. The number of aliphatic carboxylic acids is 1. The molecule has 0 aromatic carbocycles. The standard InChI is InChI=1S/C59H90O27/c1-10-24(2)49(76)86-47-46(73)59(23-79-25(3)62)27(17-54(47,4)5)26-11-12-32-55(6)15-14-34(56(7,22-61)31(55)13-16-57(32,8)58(26,9)18-33(59)65)81-53-45(85-51-40(71)38(69)37(68)30(19-60)80-51)42(41(72)43(83-53)48(74)75)82-52-44(36(67)29(64)21-78-52)84-50-39(70)35(66)28(63)20-77-50/h10-11,22,27-47,50-53,60,63-73H,12-21,23H2,1-9H3,(H,74,75)/b24-10+. The van der Waals surface area contributed by atoms with Gasteiger partial charge >= 0.3 is 17.9 Å². The predicted octanol–water partition coefficient (Wildman–Crippen LogP) is -2.01. The average molecular weight is 1230 g/mol. The van der Waals surface area contributed by atoms with Crippen LogP contribution >= 0.6 is 0 Å². The van der Waals surface area contributed by atoms with Crippen LogP contribution in [0.15, 0.2) is 23.3 Å². The van der Waals surface area contributed by atoms with E-state index in [2.05, 4.69) is 26.8 Å². The Labute approximate surface area is 498 Å². The van der Waals surface area contributed by atoms with E-state index in [4.69, 9.17) is 47.4 Å². The number of rotatable bonds is 15. The Kier molecular flexibility index (Phi) is 19.3. The molecule has 4 saturated carbocycles. The Morgan fingerprint density at radius 2 is 1.31 bits per heavy atom. The van der Waals surface area contributed by atoms with Crippen molar-refractivity contribution in [1.29, 1.82) is 0 Å². The summed E-state index contributed by atoms with van der Waals surface area (Å²) in [6.07, 6.45) is -32.7. The number of carboxylic acid groups (broad SMARTS) is 1. The monoisotopic (exact) mass is 1230 g/mol. The molecule has 30 unspecified atom stereocenters. The molecular weight excluding hydrogens is 1140 g/mol. The van der Waals surface area contributed by atoms with E-state index >= 15 is 0 Å². The van der Waals surface area contributed by atoms with Gasteiger partial charge in [0, 0.05) is 17.9 Å². The lowest BCUT2D eigenvalue weighted by Gasteiger charge is -2.72. The van der Waals surface area contributed by atoms with Crippen LogP contribution in [0.2, 0.25) is 0 Å². The molecule has 0 aromatic heterocycles. The lowest BCUT2D eigenvalue weighted by Crippen LogP contribution is -2.72. The van der Waals surface area contributed by atoms with E-state index in [-0.39, 0.29) is 25.4 Å². The fourth-order valence-corrected chi connectivity index (χ4v) is 16.9. The molecule has 5 aliphatic carbocycles. The number of carboxylic acids is 1. The summed E-state index contributed by atoms with van der Waals surface area (Å²) in [5.74, 6) is -4.18. The minimum Gasteiger partial charge on any atom is -0.479 e. The first kappa shape index (κ1) is 67.2. The number of esters is 2. The van der Waals surface area contributed by atoms with Crippen LogP contribution in [-0.2, 0) is 66.5 Å². The molecule has 488 valence electrons. The highest BCUT2D eigenvalue weighted by molar-refractivity contribution is 5.87. The number of aliphatic hydroxyl groups excluding tert-OH is 12. The summed E-state index contributed by atoms with van der Waals surface area (Å²) in [6.45, 7) is 14.1. The molecule has 27 nitrogen and oxygen atoms in total. The molecule has 0 spiro atoms. The van der Waals surface area contributed by atoms with Crippen molar-refractivity contribution in [3.05, 3.63) is 23.3 Å². The van der Waals surface area contributed by atoms with Gasteiger partial charge in [-0.3, -0.25) is 4.79 Å². The SMILES string of the molecule is C/C=C(\C)C(=O)OC1C(O)C2(COC(C)=O)C(O)CC3(C)C(=CCC4C5(C)CCC(OC6OC(C(=O)O)C(O)C(OC7OCC(O)C(O)C7OC7OCC(O)C(O)C7O)C6OC6OC(CO)C(O)C(O)C6O)C(C)(C=O)C5CCC43C)C2CC1(C)C. The summed E-state index contributed by atoms with van der Waals surface area (Å²) in [5.41, 5.74) is -4.42. The zero-order valence-corrected chi connectivity index (χ0v) is 50.0. The summed E-state index contributed by atoms with van der Waals surface area (Å²) < 4.78 is 60.0. The number of fused-ring (bicyclic) bond motifs is 7. The Hall–Kier alpha value is -3.24. The highest BCUT2D eigenvalue weighted by Crippen LogP contribution is 2.76. The van der Waals surface area contributed by atoms with Gasteiger partial charge in [0.1, 0.15) is 104 Å². The maximum Gasteiger partial charge on any atom is 0.335 e. The Bertz CT molecular complexity index is 2550. The number of hydrogen-bond acceptors (Lipinski definition) is 26. The highest BCUT2D eigenvalue weighted by Gasteiger charge is 2.74. The molecular formula is C59H90O27. The van der Waals surface area contributed by atoms with E-state index in [0.29, 0.717) is 37.7 Å². The van der Waals surface area contributed by atoms with E-state index in [1.54, 1.807) is 26.8 Å². The third-order valence-corrected chi connectivity index (χ3v) is 22.2. The van der Waals surface area contributed by atoms with Crippen LogP contribution in [0, 0.1) is 50.2 Å². The molecule has 86 heavy (non-hydrogen) atoms. The number of carbonyl (C=O) groups excluding carboxylic acids is 3. The zero-order valence-electron chi connectivity index (χ0n) is 50.0. The van der Waals surface area contributed by atoms with Crippen LogP contribution in [0.1, 0.15) is 107 Å². The first-order valence-electron chi connectivity index (χ1n) is 29.8. The van der Waals surface area contributed by atoms with Crippen molar-refractivity contribution in [2.75, 3.05) is 26.4 Å². The van der Waals surface area contributed by atoms with E-state index < -0.39 is 217 Å². The topological polar surface area (TPSA) is 424 Å². The normalized spacial score (nSPS) is 51.1. The number of carbonyl (C=O) groups is 4. The van der Waals surface area contributed by atoms with E-state index in [9.17, 15) is 85.6 Å². The molecule has 4 saturated heterocycles. The van der Waals surface area contributed by atoms with E-state index in [1.807, 2.05) is 13.8 Å². The van der Waals surface area contributed by atoms with Crippen LogP contribution in [0.3, 0.4) is 0 Å². The fourth-order valence-electron chi connectivity index (χ4n) is 16.9. The number of aldehydes is 1. The van der Waals surface area contributed by atoms with Crippen LogP contribution in [0.25, 0.3) is 0 Å². The molecule has 0 amide bonds. The minimum absolute atomic E-state index is 0.112. The van der Waals surface area contributed by atoms with Gasteiger partial charge < -0.3 is 119 Å². The fraction of sp³-hybridized carbons (Fsp3) is 0.864. The lowest BCUT2D eigenvalue weighted by molar-refractivity contribution is -0.398. The van der Waals surface area contributed by atoms with E-state index in [1.165, 1.54) is 6.92 Å². The Morgan fingerprint density at radius 3 is 1.94 bits per heavy atom. The average Bonchev–Trinajstić information content (AvgIpc) is 0.771. The third kappa shape index (κ3) is 11.0. The van der Waals surface area contributed by atoms with Gasteiger partial charge in [0.05, 0.1) is 42.9 Å². The van der Waals surface area contributed by atoms with Crippen molar-refractivity contribution in [1.82, 2.24) is 0 Å². The van der Waals surface area contributed by atoms with Crippen molar-refractivity contribution in [2.24, 2.45) is 50.2 Å². The summed E-state index contributed by atoms with van der Waals surface area (Å²) in [4.78, 5) is 53.3. The van der Waals surface area contributed by atoms with Crippen LogP contribution in [-0.4, -0.2) is 252 Å². The van der Waals surface area contributed by atoms with Crippen molar-refractivity contribution in [3.63, 3.8) is 0 Å². The molecule has 4 heterocycles. The summed E-state index contributed by atoms with van der Waals surface area (Å²) in [5, 5.41) is 145. The second kappa shape index (κ2) is 24.8. The molecule has 30 atom stereocenters. The lowest BCUT2D eigenvalue weighted by atomic mass is 9.33. The number of aliphatic hydroxyl groups is 12. The van der Waals surface area contributed by atoms with Gasteiger partial charge in [-0.05, 0) is 92.8 Å². The van der Waals surface area contributed by atoms with Crippen LogP contribution in [0.4, 0.5) is 0 Å². The van der Waals surface area contributed by atoms with Gasteiger partial charge in [-0.25, -0.2) is 9.59 Å². The Balaban J connectivity index is 1.05. The van der Waals surface area contributed by atoms with Crippen LogP contribution < -0.4 is 0 Å². The second-order valence-corrected chi connectivity index (χ2v) is 27.3.